The lowest BCUT2D eigenvalue weighted by Crippen LogP contribution is -2.36. The molecule has 0 aliphatic carbocycles. The highest BCUT2D eigenvalue weighted by molar-refractivity contribution is 7.89. The number of amides is 1. The summed E-state index contributed by atoms with van der Waals surface area (Å²) in [6, 6.07) is 3.34. The minimum absolute atomic E-state index is 0.0305. The van der Waals surface area contributed by atoms with E-state index in [2.05, 4.69) is 20.5 Å². The number of hydrogen-bond acceptors (Lipinski definition) is 6. The number of piperidine rings is 2. The summed E-state index contributed by atoms with van der Waals surface area (Å²) >= 11 is 0. The van der Waals surface area contributed by atoms with Gasteiger partial charge in [0, 0.05) is 31.7 Å². The predicted molar refractivity (Wildman–Crippen MR) is 109 cm³/mol. The Morgan fingerprint density at radius 1 is 1.03 bits per heavy atom. The molecular weight excluding hydrogens is 411 g/mol. The minimum atomic E-state index is -4.00. The summed E-state index contributed by atoms with van der Waals surface area (Å²) in [7, 11) is -4.00. The zero-order chi connectivity index (χ0) is 21.1. The topological polar surface area (TPSA) is 111 Å². The van der Waals surface area contributed by atoms with Gasteiger partial charge in [-0.25, -0.2) is 17.9 Å². The number of benzene rings is 1. The quantitative estimate of drug-likeness (QED) is 0.744. The fourth-order valence-corrected chi connectivity index (χ4v) is 5.42. The van der Waals surface area contributed by atoms with Gasteiger partial charge in [-0.05, 0) is 50.3 Å². The van der Waals surface area contributed by atoms with Crippen LogP contribution in [0.5, 0.6) is 0 Å². The summed E-state index contributed by atoms with van der Waals surface area (Å²) in [4.78, 5) is 18.5. The molecule has 0 bridgehead atoms. The molecule has 30 heavy (non-hydrogen) atoms. The van der Waals surface area contributed by atoms with E-state index in [1.807, 2.05) is 4.90 Å². The van der Waals surface area contributed by atoms with Gasteiger partial charge in [-0.1, -0.05) is 6.42 Å². The van der Waals surface area contributed by atoms with Crippen molar-refractivity contribution in [2.75, 3.05) is 36.4 Å². The Labute approximate surface area is 174 Å². The van der Waals surface area contributed by atoms with Crippen LogP contribution in [0, 0.1) is 5.82 Å². The van der Waals surface area contributed by atoms with E-state index >= 15 is 0 Å². The van der Waals surface area contributed by atoms with E-state index in [1.165, 1.54) is 16.8 Å². The first-order chi connectivity index (χ1) is 14.4. The average molecular weight is 437 g/mol. The largest absolute Gasteiger partial charge is 0.340 e. The molecule has 2 fully saturated rings. The molecule has 0 unspecified atom stereocenters. The SMILES string of the molecule is O=C(Nc1nc(N2CCCCC2)n[nH]1)c1ccc(F)c(S(=O)(=O)N2CCCCC2)c1. The fourth-order valence-electron chi connectivity index (χ4n) is 3.81. The highest BCUT2D eigenvalue weighted by Crippen LogP contribution is 2.24. The molecule has 0 spiro atoms. The van der Waals surface area contributed by atoms with Gasteiger partial charge in [0.1, 0.15) is 10.7 Å². The molecule has 1 aromatic carbocycles. The van der Waals surface area contributed by atoms with Crippen molar-refractivity contribution in [2.45, 2.75) is 43.4 Å². The molecule has 1 aromatic heterocycles. The Hall–Kier alpha value is -2.53. The number of anilines is 2. The van der Waals surface area contributed by atoms with Crippen molar-refractivity contribution in [3.8, 4) is 0 Å². The van der Waals surface area contributed by atoms with E-state index in [-0.39, 0.29) is 11.5 Å². The third-order valence-electron chi connectivity index (χ3n) is 5.47. The lowest BCUT2D eigenvalue weighted by Gasteiger charge is -2.26. The summed E-state index contributed by atoms with van der Waals surface area (Å²) in [6.07, 6.45) is 5.75. The summed E-state index contributed by atoms with van der Waals surface area (Å²) < 4.78 is 41.3. The van der Waals surface area contributed by atoms with Crippen LogP contribution in [-0.2, 0) is 10.0 Å². The number of nitrogens with one attached hydrogen (secondary N) is 2. The lowest BCUT2D eigenvalue weighted by atomic mass is 10.1. The standard InChI is InChI=1S/C19H25FN6O3S/c20-15-8-7-14(13-16(15)30(28,29)26-11-5-2-6-12-26)17(27)21-18-22-19(24-23-18)25-9-3-1-4-10-25/h7-8,13H,1-6,9-12H2,(H2,21,22,23,24,27). The number of H-pyrrole nitrogens is 1. The van der Waals surface area contributed by atoms with Gasteiger partial charge in [0.25, 0.3) is 5.91 Å². The van der Waals surface area contributed by atoms with E-state index in [4.69, 9.17) is 0 Å². The maximum atomic E-state index is 14.3. The van der Waals surface area contributed by atoms with Crippen LogP contribution in [0.1, 0.15) is 48.9 Å². The number of halogens is 1. The van der Waals surface area contributed by atoms with Crippen molar-refractivity contribution in [3.05, 3.63) is 29.6 Å². The maximum Gasteiger partial charge on any atom is 0.258 e. The van der Waals surface area contributed by atoms with Crippen LogP contribution in [-0.4, -0.2) is 60.0 Å². The molecular formula is C19H25FN6O3S. The maximum absolute atomic E-state index is 14.3. The number of carbonyl (C=O) groups is 1. The van der Waals surface area contributed by atoms with Gasteiger partial charge in [-0.2, -0.15) is 9.29 Å². The molecule has 3 heterocycles. The van der Waals surface area contributed by atoms with Gasteiger partial charge in [0.2, 0.25) is 21.9 Å². The second-order valence-corrected chi connectivity index (χ2v) is 9.50. The lowest BCUT2D eigenvalue weighted by molar-refractivity contribution is 0.102. The second-order valence-electron chi connectivity index (χ2n) is 7.60. The molecule has 2 aliphatic rings. The molecule has 2 aliphatic heterocycles. The third kappa shape index (κ3) is 4.31. The smallest absolute Gasteiger partial charge is 0.258 e. The highest BCUT2D eigenvalue weighted by atomic mass is 32.2. The average Bonchev–Trinajstić information content (AvgIpc) is 3.23. The molecule has 11 heteroatoms. The molecule has 2 N–H and O–H groups in total. The van der Waals surface area contributed by atoms with Gasteiger partial charge in [0.15, 0.2) is 0 Å². The number of rotatable bonds is 5. The van der Waals surface area contributed by atoms with E-state index < -0.39 is 26.6 Å². The summed E-state index contributed by atoms with van der Waals surface area (Å²) in [5.74, 6) is -0.793. The first kappa shape index (κ1) is 20.7. The first-order valence-corrected chi connectivity index (χ1v) is 11.7. The Kier molecular flexibility index (Phi) is 6.00. The third-order valence-corrected chi connectivity index (χ3v) is 7.38. The molecule has 2 saturated heterocycles. The van der Waals surface area contributed by atoms with E-state index in [0.29, 0.717) is 19.0 Å². The van der Waals surface area contributed by atoms with Crippen molar-refractivity contribution in [1.29, 1.82) is 0 Å². The van der Waals surface area contributed by atoms with Crippen LogP contribution in [0.2, 0.25) is 0 Å². The van der Waals surface area contributed by atoms with Crippen LogP contribution >= 0.6 is 0 Å². The normalized spacial score (nSPS) is 18.4. The van der Waals surface area contributed by atoms with Crippen LogP contribution in [0.4, 0.5) is 16.3 Å². The monoisotopic (exact) mass is 436 g/mol. The molecule has 9 nitrogen and oxygen atoms in total. The Morgan fingerprint density at radius 2 is 1.70 bits per heavy atom. The number of aromatic amines is 1. The molecule has 0 radical (unpaired) electrons. The summed E-state index contributed by atoms with van der Waals surface area (Å²) in [5.41, 5.74) is 0.0305. The number of aromatic nitrogens is 3. The van der Waals surface area contributed by atoms with Crippen molar-refractivity contribution in [2.24, 2.45) is 0 Å². The molecule has 162 valence electrons. The van der Waals surface area contributed by atoms with E-state index in [9.17, 15) is 17.6 Å². The second kappa shape index (κ2) is 8.68. The Bertz CT molecular complexity index is 1010. The van der Waals surface area contributed by atoms with Gasteiger partial charge in [-0.3, -0.25) is 10.1 Å². The van der Waals surface area contributed by atoms with Gasteiger partial charge >= 0.3 is 0 Å². The Morgan fingerprint density at radius 3 is 2.40 bits per heavy atom. The van der Waals surface area contributed by atoms with E-state index in [0.717, 1.165) is 57.3 Å². The molecule has 0 atom stereocenters. The van der Waals surface area contributed by atoms with Crippen LogP contribution in [0.3, 0.4) is 0 Å². The van der Waals surface area contributed by atoms with Gasteiger partial charge in [-0.15, -0.1) is 5.10 Å². The first-order valence-electron chi connectivity index (χ1n) is 10.2. The van der Waals surface area contributed by atoms with Gasteiger partial charge < -0.3 is 4.90 Å². The summed E-state index contributed by atoms with van der Waals surface area (Å²) in [5, 5.41) is 9.38. The number of carbonyl (C=O) groups excluding carboxylic acids is 1. The molecule has 4 rings (SSSR count). The van der Waals surface area contributed by atoms with Gasteiger partial charge in [0.05, 0.1) is 0 Å². The zero-order valence-electron chi connectivity index (χ0n) is 16.6. The minimum Gasteiger partial charge on any atom is -0.340 e. The number of nitrogens with zero attached hydrogens (tertiary/aromatic N) is 4. The predicted octanol–water partition coefficient (Wildman–Crippen LogP) is 2.36. The van der Waals surface area contributed by atoms with Crippen LogP contribution in [0.25, 0.3) is 0 Å². The van der Waals surface area contributed by atoms with Crippen molar-refractivity contribution in [1.82, 2.24) is 19.5 Å². The number of hydrogen-bond donors (Lipinski definition) is 2. The molecule has 1 amide bonds. The molecule has 2 aromatic rings. The fraction of sp³-hybridized carbons (Fsp3) is 0.526. The van der Waals surface area contributed by atoms with Crippen molar-refractivity contribution < 1.29 is 17.6 Å². The zero-order valence-corrected chi connectivity index (χ0v) is 17.4. The Balaban J connectivity index is 1.51. The van der Waals surface area contributed by atoms with E-state index in [1.54, 1.807) is 0 Å². The summed E-state index contributed by atoms with van der Waals surface area (Å²) in [6.45, 7) is 2.44. The molecule has 0 saturated carbocycles. The highest BCUT2D eigenvalue weighted by Gasteiger charge is 2.29. The van der Waals surface area contributed by atoms with Crippen LogP contribution < -0.4 is 10.2 Å². The van der Waals surface area contributed by atoms with Crippen LogP contribution in [0.15, 0.2) is 23.1 Å². The van der Waals surface area contributed by atoms with Crippen molar-refractivity contribution in [3.63, 3.8) is 0 Å². The van der Waals surface area contributed by atoms with Crippen molar-refractivity contribution >= 4 is 27.8 Å². The number of sulfonamides is 1.